The van der Waals surface area contributed by atoms with Crippen LogP contribution >= 0.6 is 0 Å². The van der Waals surface area contributed by atoms with Gasteiger partial charge in [0, 0.05) is 29.3 Å². The van der Waals surface area contributed by atoms with E-state index in [1.54, 1.807) is 30.5 Å². The fourth-order valence-corrected chi connectivity index (χ4v) is 3.47. The highest BCUT2D eigenvalue weighted by atomic mass is 19.1. The van der Waals surface area contributed by atoms with Crippen LogP contribution in [0, 0.1) is 5.82 Å². The molecule has 0 bridgehead atoms. The van der Waals surface area contributed by atoms with Gasteiger partial charge in [-0.1, -0.05) is 18.2 Å². The molecule has 1 N–H and O–H groups in total. The molecule has 0 unspecified atom stereocenters. The molecule has 1 aliphatic heterocycles. The third-order valence-electron chi connectivity index (χ3n) is 4.77. The van der Waals surface area contributed by atoms with E-state index in [1.807, 2.05) is 6.07 Å². The van der Waals surface area contributed by atoms with Crippen molar-refractivity contribution in [1.82, 2.24) is 14.5 Å². The molecule has 2 aromatic heterocycles. The van der Waals surface area contributed by atoms with Gasteiger partial charge in [-0.3, -0.25) is 9.36 Å². The van der Waals surface area contributed by atoms with Gasteiger partial charge in [0.25, 0.3) is 5.56 Å². The Kier molecular flexibility index (Phi) is 3.91. The highest BCUT2D eigenvalue weighted by molar-refractivity contribution is 5.81. The number of hydrogen-bond acceptors (Lipinski definition) is 3. The van der Waals surface area contributed by atoms with Gasteiger partial charge in [-0.15, -0.1) is 0 Å². The van der Waals surface area contributed by atoms with Gasteiger partial charge in [0.1, 0.15) is 11.5 Å². The molecular weight excluding hydrogens is 337 g/mol. The first-order chi connectivity index (χ1) is 12.6. The molecule has 1 aromatic carbocycles. The van der Waals surface area contributed by atoms with Crippen molar-refractivity contribution in [3.8, 4) is 0 Å². The Morgan fingerprint density at radius 2 is 2.00 bits per heavy atom. The fourth-order valence-electron chi connectivity index (χ4n) is 3.47. The Bertz CT molecular complexity index is 1080. The summed E-state index contributed by atoms with van der Waals surface area (Å²) in [7, 11) is 0. The summed E-state index contributed by atoms with van der Waals surface area (Å²) in [5, 5.41) is 10.1. The molecule has 3 aromatic rings. The van der Waals surface area contributed by atoms with Crippen LogP contribution in [0.15, 0.2) is 47.4 Å². The molecule has 0 spiro atoms. The van der Waals surface area contributed by atoms with Crippen LogP contribution in [-0.2, 0) is 19.5 Å². The van der Waals surface area contributed by atoms with Crippen molar-refractivity contribution >= 4 is 17.1 Å². The van der Waals surface area contributed by atoms with E-state index in [0.29, 0.717) is 29.7 Å². The number of benzene rings is 1. The third kappa shape index (κ3) is 2.61. The average Bonchev–Trinajstić information content (AvgIpc) is 2.66. The third-order valence-corrected chi connectivity index (χ3v) is 4.77. The Hall–Kier alpha value is -3.22. The Balaban J connectivity index is 1.93. The number of nitrogens with zero attached hydrogens (tertiary/aromatic N) is 3. The zero-order valence-electron chi connectivity index (χ0n) is 13.9. The standard InChI is InChI=1S/C19H16FN3O3/c20-16-6-2-1-4-12(16)10-23-17-14(5-3-8-21-17)13-7-9-22(19(25)26)11-15(13)18(23)24/h1-6,8H,7,9-11H2,(H,25,26). The van der Waals surface area contributed by atoms with E-state index in [1.165, 1.54) is 15.5 Å². The maximum atomic E-state index is 14.1. The van der Waals surface area contributed by atoms with Gasteiger partial charge < -0.3 is 10.0 Å². The molecule has 1 amide bonds. The van der Waals surface area contributed by atoms with Crippen LogP contribution in [0.4, 0.5) is 9.18 Å². The van der Waals surface area contributed by atoms with Crippen molar-refractivity contribution in [1.29, 1.82) is 0 Å². The molecule has 3 heterocycles. The lowest BCUT2D eigenvalue weighted by Crippen LogP contribution is -2.40. The Morgan fingerprint density at radius 3 is 2.77 bits per heavy atom. The van der Waals surface area contributed by atoms with Crippen LogP contribution in [0.5, 0.6) is 0 Å². The van der Waals surface area contributed by atoms with E-state index < -0.39 is 11.9 Å². The first-order valence-electron chi connectivity index (χ1n) is 8.27. The maximum absolute atomic E-state index is 14.1. The minimum absolute atomic E-state index is 0.0333. The van der Waals surface area contributed by atoms with E-state index in [2.05, 4.69) is 4.98 Å². The summed E-state index contributed by atoms with van der Waals surface area (Å²) in [6.07, 6.45) is 1.000. The second kappa shape index (κ2) is 6.25. The Labute approximate surface area is 148 Å². The van der Waals surface area contributed by atoms with Gasteiger partial charge in [-0.25, -0.2) is 14.2 Å². The molecular formula is C19H16FN3O3. The second-order valence-corrected chi connectivity index (χ2v) is 6.27. The lowest BCUT2D eigenvalue weighted by atomic mass is 9.97. The van der Waals surface area contributed by atoms with E-state index >= 15 is 0 Å². The lowest BCUT2D eigenvalue weighted by molar-refractivity contribution is 0.139. The molecule has 4 rings (SSSR count). The molecule has 26 heavy (non-hydrogen) atoms. The van der Waals surface area contributed by atoms with E-state index in [9.17, 15) is 19.1 Å². The van der Waals surface area contributed by atoms with Gasteiger partial charge in [-0.05, 0) is 30.2 Å². The summed E-state index contributed by atoms with van der Waals surface area (Å²) in [5.74, 6) is -0.395. The predicted molar refractivity (Wildman–Crippen MR) is 93.6 cm³/mol. The second-order valence-electron chi connectivity index (χ2n) is 6.27. The van der Waals surface area contributed by atoms with Crippen LogP contribution in [0.2, 0.25) is 0 Å². The summed E-state index contributed by atoms with van der Waals surface area (Å²) in [6, 6.07) is 9.93. The number of amides is 1. The molecule has 0 atom stereocenters. The number of aromatic nitrogens is 2. The Morgan fingerprint density at radius 1 is 1.19 bits per heavy atom. The lowest BCUT2D eigenvalue weighted by Gasteiger charge is -2.27. The highest BCUT2D eigenvalue weighted by Crippen LogP contribution is 2.24. The number of rotatable bonds is 2. The van der Waals surface area contributed by atoms with Crippen LogP contribution in [0.3, 0.4) is 0 Å². The normalized spacial score (nSPS) is 13.7. The molecule has 0 saturated carbocycles. The molecule has 1 aliphatic rings. The van der Waals surface area contributed by atoms with Crippen molar-refractivity contribution in [3.05, 3.63) is 75.5 Å². The maximum Gasteiger partial charge on any atom is 0.407 e. The number of halogens is 1. The molecule has 0 fully saturated rings. The number of carboxylic acid groups (broad SMARTS) is 1. The SMILES string of the molecule is O=C(O)N1CCc2c(c(=O)n(Cc3ccccc3F)c3ncccc23)C1. The minimum atomic E-state index is -1.05. The molecule has 0 radical (unpaired) electrons. The minimum Gasteiger partial charge on any atom is -0.465 e. The number of hydrogen-bond donors (Lipinski definition) is 1. The topological polar surface area (TPSA) is 75.4 Å². The van der Waals surface area contributed by atoms with Gasteiger partial charge in [0.05, 0.1) is 13.1 Å². The zero-order chi connectivity index (χ0) is 18.3. The van der Waals surface area contributed by atoms with Crippen LogP contribution in [0.1, 0.15) is 16.7 Å². The van der Waals surface area contributed by atoms with Gasteiger partial charge in [0.15, 0.2) is 0 Å². The molecule has 0 saturated heterocycles. The number of carbonyl (C=O) groups is 1. The molecule has 7 heteroatoms. The van der Waals surface area contributed by atoms with Crippen molar-refractivity contribution in [2.24, 2.45) is 0 Å². The predicted octanol–water partition coefficient (Wildman–Crippen LogP) is 2.62. The van der Waals surface area contributed by atoms with Crippen molar-refractivity contribution in [3.63, 3.8) is 0 Å². The van der Waals surface area contributed by atoms with Crippen LogP contribution < -0.4 is 5.56 Å². The van der Waals surface area contributed by atoms with Crippen LogP contribution in [-0.4, -0.2) is 32.2 Å². The van der Waals surface area contributed by atoms with E-state index in [0.717, 1.165) is 10.9 Å². The smallest absolute Gasteiger partial charge is 0.407 e. The number of pyridine rings is 2. The largest absolute Gasteiger partial charge is 0.465 e. The average molecular weight is 353 g/mol. The first kappa shape index (κ1) is 16.3. The van der Waals surface area contributed by atoms with Crippen LogP contribution in [0.25, 0.3) is 11.0 Å². The summed E-state index contributed by atoms with van der Waals surface area (Å²) >= 11 is 0. The highest BCUT2D eigenvalue weighted by Gasteiger charge is 2.26. The summed E-state index contributed by atoms with van der Waals surface area (Å²) in [6.45, 7) is 0.411. The molecule has 6 nitrogen and oxygen atoms in total. The first-order valence-corrected chi connectivity index (χ1v) is 8.27. The van der Waals surface area contributed by atoms with Crippen molar-refractivity contribution in [2.45, 2.75) is 19.5 Å². The molecule has 132 valence electrons. The fraction of sp³-hybridized carbons (Fsp3) is 0.211. The summed E-state index contributed by atoms with van der Waals surface area (Å²) in [5.41, 5.74) is 1.83. The van der Waals surface area contributed by atoms with Gasteiger partial charge in [-0.2, -0.15) is 0 Å². The van der Waals surface area contributed by atoms with Gasteiger partial charge in [0.2, 0.25) is 0 Å². The van der Waals surface area contributed by atoms with E-state index in [4.69, 9.17) is 0 Å². The monoisotopic (exact) mass is 353 g/mol. The van der Waals surface area contributed by atoms with Crippen molar-refractivity contribution in [2.75, 3.05) is 6.54 Å². The molecule has 0 aliphatic carbocycles. The summed E-state index contributed by atoms with van der Waals surface area (Å²) < 4.78 is 15.5. The zero-order valence-corrected chi connectivity index (χ0v) is 13.9. The quantitative estimate of drug-likeness (QED) is 0.768. The van der Waals surface area contributed by atoms with E-state index in [-0.39, 0.29) is 18.6 Å². The van der Waals surface area contributed by atoms with Gasteiger partial charge >= 0.3 is 6.09 Å². The van der Waals surface area contributed by atoms with Crippen molar-refractivity contribution < 1.29 is 14.3 Å². The summed E-state index contributed by atoms with van der Waals surface area (Å²) in [4.78, 5) is 30.0. The number of fused-ring (bicyclic) bond motifs is 3.